The third-order valence-electron chi connectivity index (χ3n) is 6.59. The van der Waals surface area contributed by atoms with Gasteiger partial charge in [-0.2, -0.15) is 0 Å². The van der Waals surface area contributed by atoms with Gasteiger partial charge < -0.3 is 4.42 Å². The van der Waals surface area contributed by atoms with Gasteiger partial charge in [-0.05, 0) is 78.5 Å². The first-order chi connectivity index (χ1) is 18.9. The molecular weight excluding hydrogens is 510 g/mol. The summed E-state index contributed by atoms with van der Waals surface area (Å²) in [5, 5.41) is 11.7. The average molecular weight is 538 g/mol. The number of nitrogens with zero attached hydrogens (tertiary/aromatic N) is 3. The minimum atomic E-state index is -0.418. The van der Waals surface area contributed by atoms with Gasteiger partial charge in [-0.25, -0.2) is 4.99 Å². The highest BCUT2D eigenvalue weighted by Crippen LogP contribution is 2.40. The van der Waals surface area contributed by atoms with Crippen LogP contribution in [0.2, 0.25) is 0 Å². The number of benzene rings is 3. The fraction of sp³-hybridized carbons (Fsp3) is 0.161. The molecule has 0 aliphatic carbocycles. The summed E-state index contributed by atoms with van der Waals surface area (Å²) in [5.41, 5.74) is 5.33. The van der Waals surface area contributed by atoms with Crippen LogP contribution in [0.1, 0.15) is 36.3 Å². The second kappa shape index (κ2) is 11.1. The molecule has 0 atom stereocenters. The number of nitro benzene ring substituents is 1. The zero-order chi connectivity index (χ0) is 27.5. The van der Waals surface area contributed by atoms with Crippen LogP contribution in [0.5, 0.6) is 0 Å². The first kappa shape index (κ1) is 26.2. The van der Waals surface area contributed by atoms with E-state index in [2.05, 4.69) is 13.8 Å². The van der Waals surface area contributed by atoms with E-state index >= 15 is 0 Å². The third-order valence-corrected chi connectivity index (χ3v) is 7.56. The zero-order valence-corrected chi connectivity index (χ0v) is 22.7. The van der Waals surface area contributed by atoms with E-state index in [4.69, 9.17) is 9.41 Å². The van der Waals surface area contributed by atoms with E-state index in [0.29, 0.717) is 21.6 Å². The largest absolute Gasteiger partial charge is 0.457 e. The minimum Gasteiger partial charge on any atom is -0.457 e. The summed E-state index contributed by atoms with van der Waals surface area (Å²) >= 11 is 1.32. The number of amidine groups is 1. The number of nitro groups is 1. The molecule has 0 unspecified atom stereocenters. The predicted octanol–water partition coefficient (Wildman–Crippen LogP) is 8.10. The van der Waals surface area contributed by atoms with E-state index < -0.39 is 4.92 Å². The molecule has 1 amide bonds. The normalized spacial score (nSPS) is 15.5. The van der Waals surface area contributed by atoms with Crippen molar-refractivity contribution in [3.8, 4) is 11.3 Å². The number of hydrogen-bond acceptors (Lipinski definition) is 6. The molecule has 1 fully saturated rings. The topological polar surface area (TPSA) is 89.0 Å². The first-order valence-corrected chi connectivity index (χ1v) is 13.5. The number of non-ortho nitro benzene ring substituents is 1. The molecule has 0 saturated carbocycles. The molecule has 7 nitrogen and oxygen atoms in total. The van der Waals surface area contributed by atoms with E-state index in [-0.39, 0.29) is 11.6 Å². The molecule has 0 N–H and O–H groups in total. The van der Waals surface area contributed by atoms with Gasteiger partial charge in [0.15, 0.2) is 5.17 Å². The van der Waals surface area contributed by atoms with E-state index in [9.17, 15) is 14.9 Å². The van der Waals surface area contributed by atoms with Crippen LogP contribution in [0.4, 0.5) is 17.1 Å². The number of hydrogen-bond donors (Lipinski definition) is 0. The molecule has 1 aliphatic heterocycles. The number of amides is 1. The first-order valence-electron chi connectivity index (χ1n) is 12.7. The number of aliphatic imine (C=N–C) groups is 1. The summed E-state index contributed by atoms with van der Waals surface area (Å²) in [6, 6.07) is 24.1. The lowest BCUT2D eigenvalue weighted by molar-refractivity contribution is -0.384. The summed E-state index contributed by atoms with van der Waals surface area (Å²) in [5.74, 6) is 0.916. The highest BCUT2D eigenvalue weighted by atomic mass is 32.2. The van der Waals surface area contributed by atoms with Gasteiger partial charge in [-0.15, -0.1) is 0 Å². The van der Waals surface area contributed by atoms with Crippen molar-refractivity contribution < 1.29 is 14.1 Å². The Morgan fingerprint density at radius 1 is 0.974 bits per heavy atom. The maximum atomic E-state index is 13.8. The second-order valence-corrected chi connectivity index (χ2v) is 10.1. The number of furan rings is 1. The Bertz CT molecular complexity index is 1640. The van der Waals surface area contributed by atoms with Gasteiger partial charge in [0.25, 0.3) is 11.6 Å². The zero-order valence-electron chi connectivity index (χ0n) is 21.9. The lowest BCUT2D eigenvalue weighted by Crippen LogP contribution is -2.29. The summed E-state index contributed by atoms with van der Waals surface area (Å²) < 4.78 is 6.07. The Kier molecular flexibility index (Phi) is 7.47. The maximum Gasteiger partial charge on any atom is 0.271 e. The minimum absolute atomic E-state index is 0.0296. The molecule has 0 spiro atoms. The van der Waals surface area contributed by atoms with Crippen LogP contribution in [0.3, 0.4) is 0 Å². The molecule has 1 saturated heterocycles. The molecule has 2 heterocycles. The summed E-state index contributed by atoms with van der Waals surface area (Å²) in [4.78, 5) is 31.6. The molecule has 39 heavy (non-hydrogen) atoms. The van der Waals surface area contributed by atoms with Gasteiger partial charge in [0, 0.05) is 23.8 Å². The van der Waals surface area contributed by atoms with E-state index in [0.717, 1.165) is 46.5 Å². The molecule has 1 aliphatic rings. The van der Waals surface area contributed by atoms with Gasteiger partial charge in [-0.3, -0.25) is 19.8 Å². The highest BCUT2D eigenvalue weighted by molar-refractivity contribution is 8.19. The number of carbonyl (C=O) groups excluding carboxylic acids is 1. The molecule has 8 heteroatoms. The van der Waals surface area contributed by atoms with Crippen molar-refractivity contribution in [2.24, 2.45) is 4.99 Å². The highest BCUT2D eigenvalue weighted by Gasteiger charge is 2.36. The SMILES string of the molecule is CCc1ccccc1N=C1S/C(=C\c2ccc(-c3ccc([N+](=O)[O-])cc3C)o2)C(=O)N1c1ccccc1CC. The monoisotopic (exact) mass is 537 g/mol. The third kappa shape index (κ3) is 5.28. The lowest BCUT2D eigenvalue weighted by Gasteiger charge is -2.19. The van der Waals surface area contributed by atoms with Gasteiger partial charge in [-0.1, -0.05) is 50.2 Å². The van der Waals surface area contributed by atoms with Crippen LogP contribution in [-0.4, -0.2) is 16.0 Å². The molecule has 0 radical (unpaired) electrons. The Morgan fingerprint density at radius 2 is 1.69 bits per heavy atom. The van der Waals surface area contributed by atoms with Crippen LogP contribution in [0, 0.1) is 17.0 Å². The van der Waals surface area contributed by atoms with Crippen molar-refractivity contribution in [3.63, 3.8) is 0 Å². The number of rotatable bonds is 7. The van der Waals surface area contributed by atoms with Crippen LogP contribution in [-0.2, 0) is 17.6 Å². The van der Waals surface area contributed by atoms with Crippen molar-refractivity contribution in [2.45, 2.75) is 33.6 Å². The van der Waals surface area contributed by atoms with Gasteiger partial charge >= 0.3 is 0 Å². The van der Waals surface area contributed by atoms with Gasteiger partial charge in [0.2, 0.25) is 0 Å². The number of carbonyl (C=O) groups is 1. The quantitative estimate of drug-likeness (QED) is 0.135. The molecule has 0 bridgehead atoms. The Morgan fingerprint density at radius 3 is 2.41 bits per heavy atom. The lowest BCUT2D eigenvalue weighted by atomic mass is 10.1. The van der Waals surface area contributed by atoms with Gasteiger partial charge in [0.1, 0.15) is 11.5 Å². The fourth-order valence-electron chi connectivity index (χ4n) is 4.55. The van der Waals surface area contributed by atoms with Crippen molar-refractivity contribution in [1.82, 2.24) is 0 Å². The van der Waals surface area contributed by atoms with Crippen LogP contribution in [0.15, 0.2) is 93.2 Å². The fourth-order valence-corrected chi connectivity index (χ4v) is 5.52. The molecule has 4 aromatic rings. The molecule has 5 rings (SSSR count). The Balaban J connectivity index is 1.54. The number of thioether (sulfide) groups is 1. The standard InChI is InChI=1S/C31H27N3O4S/c1-4-21-10-6-8-12-26(21)32-31-33(27-13-9-7-11-22(27)5-2)30(35)29(39-31)19-24-15-17-28(38-24)25-16-14-23(34(36)37)18-20(25)3/h6-19H,4-5H2,1-3H3/b29-19-,32-31?. The van der Waals surface area contributed by atoms with Gasteiger partial charge in [0.05, 0.1) is 21.2 Å². The van der Waals surface area contributed by atoms with Crippen molar-refractivity contribution >= 4 is 46.0 Å². The molecule has 1 aromatic heterocycles. The number of aryl methyl sites for hydroxylation is 3. The molecule has 3 aromatic carbocycles. The van der Waals surface area contributed by atoms with E-state index in [1.807, 2.05) is 48.5 Å². The summed E-state index contributed by atoms with van der Waals surface area (Å²) in [7, 11) is 0. The van der Waals surface area contributed by atoms with E-state index in [1.165, 1.54) is 23.9 Å². The maximum absolute atomic E-state index is 13.8. The van der Waals surface area contributed by atoms with Crippen LogP contribution < -0.4 is 4.90 Å². The summed E-state index contributed by atoms with van der Waals surface area (Å²) in [6.07, 6.45) is 3.34. The Labute approximate surface area is 231 Å². The van der Waals surface area contributed by atoms with E-state index in [1.54, 1.807) is 36.1 Å². The number of para-hydroxylation sites is 2. The van der Waals surface area contributed by atoms with Crippen molar-refractivity contribution in [2.75, 3.05) is 4.90 Å². The molecular formula is C31H27N3O4S. The summed E-state index contributed by atoms with van der Waals surface area (Å²) in [6.45, 7) is 5.96. The number of anilines is 1. The predicted molar refractivity (Wildman–Crippen MR) is 157 cm³/mol. The Hall–Kier alpha value is -4.43. The second-order valence-electron chi connectivity index (χ2n) is 9.07. The molecule has 196 valence electrons. The average Bonchev–Trinajstić information content (AvgIpc) is 3.52. The van der Waals surface area contributed by atoms with Crippen molar-refractivity contribution in [1.29, 1.82) is 0 Å². The van der Waals surface area contributed by atoms with Crippen LogP contribution in [0.25, 0.3) is 17.4 Å². The smallest absolute Gasteiger partial charge is 0.271 e. The van der Waals surface area contributed by atoms with Crippen molar-refractivity contribution in [3.05, 3.63) is 116 Å². The van der Waals surface area contributed by atoms with Crippen LogP contribution >= 0.6 is 11.8 Å².